The number of halogens is 1. The molecule has 0 aliphatic carbocycles. The normalized spacial score (nSPS) is 22.0. The van der Waals surface area contributed by atoms with Crippen LogP contribution in [0.3, 0.4) is 0 Å². The van der Waals surface area contributed by atoms with Gasteiger partial charge in [-0.05, 0) is 29.8 Å². The zero-order valence-corrected chi connectivity index (χ0v) is 12.0. The van der Waals surface area contributed by atoms with Crippen LogP contribution in [0.5, 0.6) is 0 Å². The first-order valence-electron chi connectivity index (χ1n) is 6.77. The Morgan fingerprint density at radius 1 is 1.39 bits per heavy atom. The van der Waals surface area contributed by atoms with Gasteiger partial charge in [0.2, 0.25) is 5.91 Å². The van der Waals surface area contributed by atoms with Crippen LogP contribution in [-0.2, 0) is 9.53 Å². The number of amides is 2. The van der Waals surface area contributed by atoms with E-state index in [0.717, 1.165) is 0 Å². The van der Waals surface area contributed by atoms with E-state index in [1.54, 1.807) is 24.3 Å². The summed E-state index contributed by atoms with van der Waals surface area (Å²) >= 11 is 0. The van der Waals surface area contributed by atoms with Crippen molar-refractivity contribution < 1.29 is 18.8 Å². The van der Waals surface area contributed by atoms with Crippen LogP contribution >= 0.6 is 0 Å². The summed E-state index contributed by atoms with van der Waals surface area (Å²) in [5.41, 5.74) is 6.31. The van der Waals surface area contributed by atoms with Crippen LogP contribution in [0, 0.1) is 5.92 Å². The van der Waals surface area contributed by atoms with Gasteiger partial charge in [0.25, 0.3) is 0 Å². The molecule has 1 saturated heterocycles. The molecule has 9 nitrogen and oxygen atoms in total. The monoisotopic (exact) mass is 320 g/mol. The third-order valence-corrected chi connectivity index (χ3v) is 3.72. The quantitative estimate of drug-likeness (QED) is 0.821. The van der Waals surface area contributed by atoms with E-state index < -0.39 is 30.1 Å². The standard InChI is InChI=1S/C13H13FN6O3/c1-7(12(15)21)11-10(19(14)13(22)23-11)8-2-4-9(5-3-8)20-17-6-16-18-20/h2-7,10-11H,1H3,(H2,15,21). The number of nitrogens with zero attached hydrogens (tertiary/aromatic N) is 5. The van der Waals surface area contributed by atoms with E-state index in [1.807, 2.05) is 0 Å². The summed E-state index contributed by atoms with van der Waals surface area (Å²) in [7, 11) is 0. The fraction of sp³-hybridized carbons (Fsp3) is 0.308. The first-order chi connectivity index (χ1) is 11.0. The molecule has 1 aromatic heterocycles. The predicted octanol–water partition coefficient (Wildman–Crippen LogP) is 0.530. The molecule has 1 fully saturated rings. The molecule has 120 valence electrons. The van der Waals surface area contributed by atoms with E-state index in [4.69, 9.17) is 10.5 Å². The number of primary amides is 1. The third kappa shape index (κ3) is 2.58. The predicted molar refractivity (Wildman–Crippen MR) is 73.5 cm³/mol. The maximum atomic E-state index is 14.1. The molecule has 10 heteroatoms. The number of nitrogens with two attached hydrogens (primary N) is 1. The highest BCUT2D eigenvalue weighted by Crippen LogP contribution is 2.37. The molecule has 3 rings (SSSR count). The fourth-order valence-corrected chi connectivity index (χ4v) is 2.42. The molecule has 0 saturated carbocycles. The molecule has 2 aromatic rings. The minimum atomic E-state index is -1.14. The summed E-state index contributed by atoms with van der Waals surface area (Å²) < 4.78 is 19.0. The second-order valence-corrected chi connectivity index (χ2v) is 5.11. The van der Waals surface area contributed by atoms with Crippen molar-refractivity contribution in [2.45, 2.75) is 19.1 Å². The highest BCUT2D eigenvalue weighted by Gasteiger charge is 2.47. The summed E-state index contributed by atoms with van der Waals surface area (Å²) in [6, 6.07) is 5.42. The van der Waals surface area contributed by atoms with Gasteiger partial charge < -0.3 is 10.5 Å². The van der Waals surface area contributed by atoms with Crippen molar-refractivity contribution in [3.8, 4) is 5.69 Å². The van der Waals surface area contributed by atoms with E-state index >= 15 is 0 Å². The SMILES string of the molecule is CC(C(N)=O)C1OC(=O)N(F)C1c1ccc(-n2ncnn2)cc1. The molecule has 3 unspecified atom stereocenters. The number of carbonyl (C=O) groups excluding carboxylic acids is 2. The molecule has 2 N–H and O–H groups in total. The zero-order valence-electron chi connectivity index (χ0n) is 12.0. The average molecular weight is 320 g/mol. The van der Waals surface area contributed by atoms with Crippen LogP contribution in [-0.4, -0.2) is 43.4 Å². The fourth-order valence-electron chi connectivity index (χ4n) is 2.42. The van der Waals surface area contributed by atoms with Crippen molar-refractivity contribution in [2.75, 3.05) is 0 Å². The van der Waals surface area contributed by atoms with E-state index in [1.165, 1.54) is 18.0 Å². The number of carbonyl (C=O) groups is 2. The second kappa shape index (κ2) is 5.63. The van der Waals surface area contributed by atoms with Crippen molar-refractivity contribution in [3.63, 3.8) is 0 Å². The highest BCUT2D eigenvalue weighted by atomic mass is 19.2. The Bertz CT molecular complexity index is 720. The number of rotatable bonds is 4. The number of cyclic esters (lactones) is 1. The van der Waals surface area contributed by atoms with Gasteiger partial charge in [0.05, 0.1) is 11.6 Å². The van der Waals surface area contributed by atoms with Crippen LogP contribution in [0.25, 0.3) is 5.69 Å². The zero-order chi connectivity index (χ0) is 16.6. The van der Waals surface area contributed by atoms with E-state index in [-0.39, 0.29) is 5.12 Å². The maximum Gasteiger partial charge on any atom is 0.439 e. The summed E-state index contributed by atoms with van der Waals surface area (Å²) in [6.07, 6.45) is -0.860. The number of ether oxygens (including phenoxy) is 1. The van der Waals surface area contributed by atoms with Gasteiger partial charge in [0, 0.05) is 0 Å². The molecule has 1 aliphatic rings. The van der Waals surface area contributed by atoms with Crippen molar-refractivity contribution in [3.05, 3.63) is 36.2 Å². The average Bonchev–Trinajstić information content (AvgIpc) is 3.16. The Hall–Kier alpha value is -3.04. The van der Waals surface area contributed by atoms with Gasteiger partial charge in [-0.15, -0.1) is 20.1 Å². The number of benzene rings is 1. The molecule has 2 heterocycles. The van der Waals surface area contributed by atoms with E-state index in [0.29, 0.717) is 11.3 Å². The second-order valence-electron chi connectivity index (χ2n) is 5.11. The lowest BCUT2D eigenvalue weighted by Gasteiger charge is -2.22. The molecule has 2 amide bonds. The summed E-state index contributed by atoms with van der Waals surface area (Å²) in [5.74, 6) is -1.51. The molecule has 0 spiro atoms. The Kier molecular flexibility index (Phi) is 3.64. The first-order valence-corrected chi connectivity index (χ1v) is 6.77. The van der Waals surface area contributed by atoms with Crippen LogP contribution in [0.15, 0.2) is 30.6 Å². The minimum Gasteiger partial charge on any atom is -0.441 e. The van der Waals surface area contributed by atoms with Gasteiger partial charge in [-0.2, -0.15) is 0 Å². The summed E-state index contributed by atoms with van der Waals surface area (Å²) in [4.78, 5) is 24.1. The highest BCUT2D eigenvalue weighted by molar-refractivity contribution is 5.79. The molecule has 1 aromatic carbocycles. The molecule has 0 radical (unpaired) electrons. The lowest BCUT2D eigenvalue weighted by Crippen LogP contribution is -2.35. The van der Waals surface area contributed by atoms with Gasteiger partial charge in [0.15, 0.2) is 6.33 Å². The topological polar surface area (TPSA) is 116 Å². The molecule has 3 atom stereocenters. The maximum absolute atomic E-state index is 14.1. The molecule has 23 heavy (non-hydrogen) atoms. The van der Waals surface area contributed by atoms with Crippen LogP contribution in [0.4, 0.5) is 9.28 Å². The van der Waals surface area contributed by atoms with Crippen LogP contribution in [0.2, 0.25) is 0 Å². The smallest absolute Gasteiger partial charge is 0.439 e. The number of tetrazole rings is 1. The summed E-state index contributed by atoms with van der Waals surface area (Å²) in [5, 5.41) is 11.2. The molecular weight excluding hydrogens is 307 g/mol. The van der Waals surface area contributed by atoms with Gasteiger partial charge in [-0.1, -0.05) is 16.6 Å². The third-order valence-electron chi connectivity index (χ3n) is 3.72. The first kappa shape index (κ1) is 14.9. The van der Waals surface area contributed by atoms with Crippen LogP contribution < -0.4 is 5.73 Å². The number of hydrogen-bond acceptors (Lipinski definition) is 6. The largest absolute Gasteiger partial charge is 0.441 e. The Morgan fingerprint density at radius 3 is 2.65 bits per heavy atom. The number of hydrogen-bond donors (Lipinski definition) is 1. The summed E-state index contributed by atoms with van der Waals surface area (Å²) in [6.45, 7) is 1.49. The van der Waals surface area contributed by atoms with Crippen molar-refractivity contribution in [2.24, 2.45) is 11.7 Å². The van der Waals surface area contributed by atoms with Crippen molar-refractivity contribution >= 4 is 12.0 Å². The van der Waals surface area contributed by atoms with Gasteiger partial charge in [0.1, 0.15) is 12.1 Å². The van der Waals surface area contributed by atoms with Gasteiger partial charge in [-0.25, -0.2) is 4.79 Å². The Balaban J connectivity index is 1.91. The molecule has 1 aliphatic heterocycles. The van der Waals surface area contributed by atoms with Crippen LogP contribution in [0.1, 0.15) is 18.5 Å². The Labute approximate surface area is 129 Å². The number of aromatic nitrogens is 4. The minimum absolute atomic E-state index is 0.0349. The molecule has 0 bridgehead atoms. The lowest BCUT2D eigenvalue weighted by molar-refractivity contribution is -0.124. The van der Waals surface area contributed by atoms with E-state index in [9.17, 15) is 14.1 Å². The molecular formula is C13H13FN6O3. The van der Waals surface area contributed by atoms with Crippen molar-refractivity contribution in [1.29, 1.82) is 0 Å². The van der Waals surface area contributed by atoms with Crippen molar-refractivity contribution in [1.82, 2.24) is 25.3 Å². The lowest BCUT2D eigenvalue weighted by atomic mass is 9.92. The van der Waals surface area contributed by atoms with Gasteiger partial charge >= 0.3 is 6.09 Å². The Morgan fingerprint density at radius 2 is 2.09 bits per heavy atom. The van der Waals surface area contributed by atoms with E-state index in [2.05, 4.69) is 15.4 Å². The van der Waals surface area contributed by atoms with Gasteiger partial charge in [-0.3, -0.25) is 4.79 Å².